The quantitative estimate of drug-likeness (QED) is 0.920. The maximum Gasteiger partial charge on any atom is 0.250 e. The molecule has 1 fully saturated rings. The molecule has 1 aromatic rings. The first-order valence-corrected chi connectivity index (χ1v) is 7.27. The Hall–Kier alpha value is -1.89. The van der Waals surface area contributed by atoms with Gasteiger partial charge < -0.3 is 14.8 Å². The first-order chi connectivity index (χ1) is 10.5. The first kappa shape index (κ1) is 15.0. The molecule has 0 radical (unpaired) electrons. The number of nitrogens with one attached hydrogen (secondary N) is 1. The lowest BCUT2D eigenvalue weighted by molar-refractivity contribution is -0.124. The van der Waals surface area contributed by atoms with Crippen LogP contribution >= 0.6 is 0 Å². The summed E-state index contributed by atoms with van der Waals surface area (Å²) in [6.07, 6.45) is -0.356. The lowest BCUT2D eigenvalue weighted by Gasteiger charge is -2.31. The van der Waals surface area contributed by atoms with E-state index in [4.69, 9.17) is 9.47 Å². The summed E-state index contributed by atoms with van der Waals surface area (Å²) >= 11 is 0. The van der Waals surface area contributed by atoms with Gasteiger partial charge in [0.1, 0.15) is 0 Å². The number of hydrogen-bond donors (Lipinski definition) is 1. The Morgan fingerprint density at radius 3 is 2.73 bits per heavy atom. The van der Waals surface area contributed by atoms with Crippen LogP contribution in [0.15, 0.2) is 18.2 Å². The largest absolute Gasteiger partial charge is 0.454 e. The second kappa shape index (κ2) is 6.08. The smallest absolute Gasteiger partial charge is 0.250 e. The van der Waals surface area contributed by atoms with Gasteiger partial charge >= 0.3 is 0 Å². The predicted octanol–water partition coefficient (Wildman–Crippen LogP) is 1.76. The van der Waals surface area contributed by atoms with Crippen molar-refractivity contribution in [2.75, 3.05) is 26.4 Å². The summed E-state index contributed by atoms with van der Waals surface area (Å²) in [7, 11) is 0. The van der Waals surface area contributed by atoms with Crippen LogP contribution in [0.1, 0.15) is 18.4 Å². The highest BCUT2D eigenvalue weighted by Gasteiger charge is 2.34. The van der Waals surface area contributed by atoms with Crippen LogP contribution in [-0.4, -0.2) is 43.2 Å². The molecule has 1 N–H and O–H groups in total. The lowest BCUT2D eigenvalue weighted by Crippen LogP contribution is -2.44. The monoisotopic (exact) mass is 312 g/mol. The number of likely N-dealkylation sites (tertiary alicyclic amines) is 1. The van der Waals surface area contributed by atoms with Crippen molar-refractivity contribution in [3.8, 4) is 11.5 Å². The number of nitrogens with zero attached hydrogens (tertiary/aromatic N) is 1. The van der Waals surface area contributed by atoms with E-state index in [0.29, 0.717) is 18.0 Å². The number of carbonyl (C=O) groups excluding carboxylic acids is 1. The van der Waals surface area contributed by atoms with Gasteiger partial charge in [-0.15, -0.1) is 0 Å². The number of ether oxygens (including phenoxy) is 2. The molecule has 22 heavy (non-hydrogen) atoms. The summed E-state index contributed by atoms with van der Waals surface area (Å²) in [6, 6.07) is 5.48. The fraction of sp³-hybridized carbons (Fsp3) is 0.533. The van der Waals surface area contributed by atoms with Crippen molar-refractivity contribution in [1.82, 2.24) is 10.2 Å². The van der Waals surface area contributed by atoms with E-state index in [0.717, 1.165) is 5.56 Å². The van der Waals surface area contributed by atoms with E-state index in [1.807, 2.05) is 12.1 Å². The molecule has 1 amide bonds. The fourth-order valence-electron chi connectivity index (χ4n) is 2.55. The Morgan fingerprint density at radius 1 is 1.23 bits per heavy atom. The number of carbonyl (C=O) groups is 1. The van der Waals surface area contributed by atoms with Crippen molar-refractivity contribution in [2.45, 2.75) is 25.3 Å². The Bertz CT molecular complexity index is 556. The third-order valence-electron chi connectivity index (χ3n) is 3.88. The fourth-order valence-corrected chi connectivity index (χ4v) is 2.55. The summed E-state index contributed by atoms with van der Waals surface area (Å²) in [5, 5.41) is 2.79. The van der Waals surface area contributed by atoms with Crippen LogP contribution in [-0.2, 0) is 11.3 Å². The topological polar surface area (TPSA) is 50.8 Å². The first-order valence-electron chi connectivity index (χ1n) is 7.27. The molecule has 2 aliphatic rings. The zero-order valence-electron chi connectivity index (χ0n) is 12.1. The summed E-state index contributed by atoms with van der Waals surface area (Å²) in [4.78, 5) is 13.6. The number of fused-ring (bicyclic) bond motifs is 1. The number of rotatable bonds is 4. The molecule has 2 aliphatic heterocycles. The molecule has 0 bridgehead atoms. The highest BCUT2D eigenvalue weighted by atomic mass is 19.3. The van der Waals surface area contributed by atoms with Gasteiger partial charge in [-0.05, 0) is 17.7 Å². The van der Waals surface area contributed by atoms with Crippen molar-refractivity contribution in [3.05, 3.63) is 23.8 Å². The van der Waals surface area contributed by atoms with Gasteiger partial charge in [-0.2, -0.15) is 0 Å². The summed E-state index contributed by atoms with van der Waals surface area (Å²) < 4.78 is 36.6. The summed E-state index contributed by atoms with van der Waals surface area (Å²) in [5.41, 5.74) is 0.905. The second-order valence-electron chi connectivity index (χ2n) is 5.60. The molecule has 7 heteroatoms. The number of halogens is 2. The molecular formula is C15H18F2N2O3. The van der Waals surface area contributed by atoms with E-state index in [-0.39, 0.29) is 45.2 Å². The molecule has 2 heterocycles. The Balaban J connectivity index is 1.45. The number of alkyl halides is 2. The van der Waals surface area contributed by atoms with E-state index < -0.39 is 5.92 Å². The van der Waals surface area contributed by atoms with Crippen molar-refractivity contribution in [3.63, 3.8) is 0 Å². The van der Waals surface area contributed by atoms with Gasteiger partial charge in [0.2, 0.25) is 12.7 Å². The molecule has 120 valence electrons. The van der Waals surface area contributed by atoms with E-state index in [1.165, 1.54) is 0 Å². The minimum Gasteiger partial charge on any atom is -0.454 e. The van der Waals surface area contributed by atoms with E-state index in [1.54, 1.807) is 11.0 Å². The van der Waals surface area contributed by atoms with Crippen molar-refractivity contribution in [2.24, 2.45) is 0 Å². The molecule has 1 saturated heterocycles. The minimum absolute atomic E-state index is 0.153. The van der Waals surface area contributed by atoms with Crippen molar-refractivity contribution in [1.29, 1.82) is 0 Å². The molecule has 0 spiro atoms. The average molecular weight is 312 g/mol. The average Bonchev–Trinajstić information content (AvgIpc) is 2.95. The molecule has 3 rings (SSSR count). The number of amides is 1. The van der Waals surface area contributed by atoms with Gasteiger partial charge in [-0.3, -0.25) is 9.69 Å². The highest BCUT2D eigenvalue weighted by Crippen LogP contribution is 2.32. The molecule has 0 aliphatic carbocycles. The van der Waals surface area contributed by atoms with E-state index in [9.17, 15) is 13.6 Å². The number of hydrogen-bond acceptors (Lipinski definition) is 4. The minimum atomic E-state index is -2.58. The van der Waals surface area contributed by atoms with E-state index >= 15 is 0 Å². The maximum atomic E-state index is 13.0. The van der Waals surface area contributed by atoms with Gasteiger partial charge in [0.05, 0.1) is 6.54 Å². The molecule has 0 atom stereocenters. The highest BCUT2D eigenvalue weighted by molar-refractivity contribution is 5.78. The van der Waals surface area contributed by atoms with Crippen molar-refractivity contribution >= 4 is 5.91 Å². The SMILES string of the molecule is O=C(CN1CCC(F)(F)CC1)NCc1ccc2c(c1)OCO2. The third-order valence-corrected chi connectivity index (χ3v) is 3.88. The van der Waals surface area contributed by atoms with Crippen LogP contribution in [0, 0.1) is 0 Å². The van der Waals surface area contributed by atoms with Crippen LogP contribution < -0.4 is 14.8 Å². The lowest BCUT2D eigenvalue weighted by atomic mass is 10.1. The Morgan fingerprint density at radius 2 is 1.95 bits per heavy atom. The van der Waals surface area contributed by atoms with Crippen molar-refractivity contribution < 1.29 is 23.0 Å². The molecule has 0 aromatic heterocycles. The molecule has 0 unspecified atom stereocenters. The van der Waals surface area contributed by atoms with Crippen LogP contribution in [0.2, 0.25) is 0 Å². The Kier molecular flexibility index (Phi) is 4.15. The normalized spacial score (nSPS) is 19.9. The summed E-state index contributed by atoms with van der Waals surface area (Å²) in [6.45, 7) is 1.25. The molecule has 1 aromatic carbocycles. The van der Waals surface area contributed by atoms with Gasteiger partial charge in [-0.25, -0.2) is 8.78 Å². The van der Waals surface area contributed by atoms with Crippen LogP contribution in [0.4, 0.5) is 8.78 Å². The molecule has 0 saturated carbocycles. The number of benzene rings is 1. The zero-order chi connectivity index (χ0) is 15.6. The summed E-state index contributed by atoms with van der Waals surface area (Å²) in [5.74, 6) is -1.38. The van der Waals surface area contributed by atoms with Gasteiger partial charge in [0.15, 0.2) is 11.5 Å². The van der Waals surface area contributed by atoms with Gasteiger partial charge in [0.25, 0.3) is 5.92 Å². The molecular weight excluding hydrogens is 294 g/mol. The molecule has 5 nitrogen and oxygen atoms in total. The number of piperidine rings is 1. The van der Waals surface area contributed by atoms with Crippen LogP contribution in [0.3, 0.4) is 0 Å². The van der Waals surface area contributed by atoms with E-state index in [2.05, 4.69) is 5.32 Å². The Labute approximate surface area is 127 Å². The van der Waals surface area contributed by atoms with Crippen LogP contribution in [0.5, 0.6) is 11.5 Å². The second-order valence-corrected chi connectivity index (χ2v) is 5.60. The van der Waals surface area contributed by atoms with Gasteiger partial charge in [-0.1, -0.05) is 6.07 Å². The zero-order valence-corrected chi connectivity index (χ0v) is 12.1. The third kappa shape index (κ3) is 3.65. The van der Waals surface area contributed by atoms with Gasteiger partial charge in [0, 0.05) is 32.5 Å². The standard InChI is InChI=1S/C15H18F2N2O3/c16-15(17)3-5-19(6-4-15)9-14(20)18-8-11-1-2-12-13(7-11)22-10-21-12/h1-2,7H,3-6,8-10H2,(H,18,20). The predicted molar refractivity (Wildman–Crippen MR) is 75.0 cm³/mol. The maximum absolute atomic E-state index is 13.0. The van der Waals surface area contributed by atoms with Crippen LogP contribution in [0.25, 0.3) is 0 Å².